The van der Waals surface area contributed by atoms with E-state index in [4.69, 9.17) is 14.5 Å². The standard InChI is InChI=1S/C23H32N8O3/c1-7-31-21(17-8-24-16(5)25-9-17)29-19-20(26-12-27-22(19)31)28-18(15(4)33-6)23(32)30-10-13(2)34-14(3)11-30/h8-9,12-15,18H,7,10-11H2,1-6H3,(H,26,27,28)/t13-,14+,15-,18-/m1/s1. The maximum absolute atomic E-state index is 13.6. The minimum Gasteiger partial charge on any atom is -0.379 e. The molecule has 0 aromatic carbocycles. The van der Waals surface area contributed by atoms with Crippen molar-refractivity contribution in [3.63, 3.8) is 0 Å². The van der Waals surface area contributed by atoms with Gasteiger partial charge in [0.25, 0.3) is 0 Å². The molecular weight excluding hydrogens is 436 g/mol. The highest BCUT2D eigenvalue weighted by molar-refractivity contribution is 5.91. The molecule has 1 saturated heterocycles. The third-order valence-electron chi connectivity index (χ3n) is 6.02. The van der Waals surface area contributed by atoms with E-state index < -0.39 is 12.1 Å². The molecule has 182 valence electrons. The highest BCUT2D eigenvalue weighted by Gasteiger charge is 2.34. The van der Waals surface area contributed by atoms with Crippen LogP contribution in [0.3, 0.4) is 0 Å². The number of rotatable bonds is 7. The van der Waals surface area contributed by atoms with Crippen LogP contribution in [0.25, 0.3) is 22.6 Å². The zero-order chi connectivity index (χ0) is 24.4. The van der Waals surface area contributed by atoms with Gasteiger partial charge in [-0.05, 0) is 34.6 Å². The van der Waals surface area contributed by atoms with Crippen LogP contribution in [0.15, 0.2) is 18.7 Å². The van der Waals surface area contributed by atoms with Crippen LogP contribution in [-0.4, -0.2) is 84.8 Å². The molecule has 1 N–H and O–H groups in total. The van der Waals surface area contributed by atoms with Crippen LogP contribution in [0.4, 0.5) is 5.82 Å². The lowest BCUT2D eigenvalue weighted by Gasteiger charge is -2.38. The highest BCUT2D eigenvalue weighted by atomic mass is 16.5. The number of amides is 1. The third-order valence-corrected chi connectivity index (χ3v) is 6.02. The van der Waals surface area contributed by atoms with E-state index in [0.29, 0.717) is 48.3 Å². The number of imidazole rings is 1. The summed E-state index contributed by atoms with van der Waals surface area (Å²) in [5, 5.41) is 3.31. The summed E-state index contributed by atoms with van der Waals surface area (Å²) in [4.78, 5) is 37.7. The quantitative estimate of drug-likeness (QED) is 0.555. The number of aromatic nitrogens is 6. The Morgan fingerprint density at radius 1 is 1.21 bits per heavy atom. The van der Waals surface area contributed by atoms with E-state index >= 15 is 0 Å². The molecule has 0 unspecified atom stereocenters. The summed E-state index contributed by atoms with van der Waals surface area (Å²) < 4.78 is 13.3. The van der Waals surface area contributed by atoms with Crippen LogP contribution < -0.4 is 5.32 Å². The number of fused-ring (bicyclic) bond motifs is 1. The Labute approximate surface area is 198 Å². The monoisotopic (exact) mass is 468 g/mol. The zero-order valence-electron chi connectivity index (χ0n) is 20.5. The minimum atomic E-state index is -0.654. The topological polar surface area (TPSA) is 120 Å². The van der Waals surface area contributed by atoms with Gasteiger partial charge in [-0.25, -0.2) is 24.9 Å². The Morgan fingerprint density at radius 3 is 2.50 bits per heavy atom. The maximum atomic E-state index is 13.6. The summed E-state index contributed by atoms with van der Waals surface area (Å²) in [6.45, 7) is 11.4. The van der Waals surface area contributed by atoms with Gasteiger partial charge in [0, 0.05) is 39.1 Å². The predicted molar refractivity (Wildman–Crippen MR) is 127 cm³/mol. The van der Waals surface area contributed by atoms with E-state index in [-0.39, 0.29) is 18.1 Å². The summed E-state index contributed by atoms with van der Waals surface area (Å²) in [7, 11) is 1.59. The number of hydrogen-bond donors (Lipinski definition) is 1. The van der Waals surface area contributed by atoms with Gasteiger partial charge in [0.2, 0.25) is 5.91 Å². The summed E-state index contributed by atoms with van der Waals surface area (Å²) in [5.41, 5.74) is 2.02. The first-order valence-electron chi connectivity index (χ1n) is 11.6. The molecule has 0 aliphatic carbocycles. The minimum absolute atomic E-state index is 0.0310. The molecule has 0 spiro atoms. The Hall–Kier alpha value is -3.18. The molecule has 11 heteroatoms. The second-order valence-electron chi connectivity index (χ2n) is 8.66. The van der Waals surface area contributed by atoms with Crippen LogP contribution in [0.2, 0.25) is 0 Å². The fourth-order valence-corrected chi connectivity index (χ4v) is 4.29. The molecule has 0 saturated carbocycles. The van der Waals surface area contributed by atoms with Gasteiger partial charge in [0.1, 0.15) is 24.0 Å². The SMILES string of the molecule is CCn1c(-c2cnc(C)nc2)nc2c(N[C@@H](C(=O)N3C[C@@H](C)O[C@@H](C)C3)[C@@H](C)OC)ncnc21. The Bertz CT molecular complexity index is 1140. The molecule has 0 bridgehead atoms. The Morgan fingerprint density at radius 2 is 1.88 bits per heavy atom. The number of carbonyl (C=O) groups excluding carboxylic acids is 1. The van der Waals surface area contributed by atoms with Crippen molar-refractivity contribution >= 4 is 22.9 Å². The molecule has 1 fully saturated rings. The third kappa shape index (κ3) is 4.71. The smallest absolute Gasteiger partial charge is 0.247 e. The summed E-state index contributed by atoms with van der Waals surface area (Å²) in [6.07, 6.45) is 4.51. The lowest BCUT2D eigenvalue weighted by atomic mass is 10.1. The second kappa shape index (κ2) is 9.98. The van der Waals surface area contributed by atoms with Crippen molar-refractivity contribution in [2.24, 2.45) is 0 Å². The normalized spacial score (nSPS) is 20.4. The maximum Gasteiger partial charge on any atom is 0.247 e. The molecule has 1 aliphatic rings. The van der Waals surface area contributed by atoms with Crippen LogP contribution in [-0.2, 0) is 20.8 Å². The Balaban J connectivity index is 1.71. The average molecular weight is 469 g/mol. The van der Waals surface area contributed by atoms with Gasteiger partial charge in [-0.3, -0.25) is 4.79 Å². The van der Waals surface area contributed by atoms with E-state index in [1.165, 1.54) is 6.33 Å². The number of carbonyl (C=O) groups is 1. The number of nitrogens with one attached hydrogen (secondary N) is 1. The molecule has 0 radical (unpaired) electrons. The number of morpholine rings is 1. The second-order valence-corrected chi connectivity index (χ2v) is 8.66. The van der Waals surface area contributed by atoms with Crippen LogP contribution in [0, 0.1) is 6.92 Å². The first-order chi connectivity index (χ1) is 16.3. The number of hydrogen-bond acceptors (Lipinski definition) is 9. The largest absolute Gasteiger partial charge is 0.379 e. The van der Waals surface area contributed by atoms with Crippen molar-refractivity contribution in [3.8, 4) is 11.4 Å². The van der Waals surface area contributed by atoms with Gasteiger partial charge in [-0.15, -0.1) is 0 Å². The van der Waals surface area contributed by atoms with Crippen molar-refractivity contribution in [3.05, 3.63) is 24.5 Å². The fraction of sp³-hybridized carbons (Fsp3) is 0.565. The molecule has 1 amide bonds. The number of nitrogens with zero attached hydrogens (tertiary/aromatic N) is 7. The molecular formula is C23H32N8O3. The molecule has 3 aromatic heterocycles. The van der Waals surface area contributed by atoms with Crippen LogP contribution in [0.5, 0.6) is 0 Å². The van der Waals surface area contributed by atoms with Gasteiger partial charge in [0.05, 0.1) is 23.9 Å². The first-order valence-corrected chi connectivity index (χ1v) is 11.6. The van der Waals surface area contributed by atoms with Crippen molar-refractivity contribution in [1.29, 1.82) is 0 Å². The molecule has 4 heterocycles. The molecule has 1 aliphatic heterocycles. The van der Waals surface area contributed by atoms with Gasteiger partial charge < -0.3 is 24.3 Å². The van der Waals surface area contributed by atoms with Crippen LogP contribution in [0.1, 0.15) is 33.5 Å². The average Bonchev–Trinajstić information content (AvgIpc) is 3.21. The number of anilines is 1. The molecule has 11 nitrogen and oxygen atoms in total. The van der Waals surface area contributed by atoms with E-state index in [1.54, 1.807) is 19.5 Å². The number of methoxy groups -OCH3 is 1. The molecule has 3 aromatic rings. The fourth-order valence-electron chi connectivity index (χ4n) is 4.29. The van der Waals surface area contributed by atoms with Gasteiger partial charge in [0.15, 0.2) is 17.0 Å². The predicted octanol–water partition coefficient (Wildman–Crippen LogP) is 2.06. The first kappa shape index (κ1) is 24.0. The van der Waals surface area contributed by atoms with E-state index in [2.05, 4.69) is 25.3 Å². The number of ether oxygens (including phenoxy) is 2. The molecule has 4 atom stereocenters. The lowest BCUT2D eigenvalue weighted by Crippen LogP contribution is -2.55. The highest BCUT2D eigenvalue weighted by Crippen LogP contribution is 2.27. The van der Waals surface area contributed by atoms with Crippen molar-refractivity contribution in [1.82, 2.24) is 34.4 Å². The van der Waals surface area contributed by atoms with E-state index in [1.807, 2.05) is 44.1 Å². The van der Waals surface area contributed by atoms with Crippen molar-refractivity contribution in [2.75, 3.05) is 25.5 Å². The Kier molecular flexibility index (Phi) is 7.03. The van der Waals surface area contributed by atoms with Gasteiger partial charge in [-0.1, -0.05) is 0 Å². The summed E-state index contributed by atoms with van der Waals surface area (Å²) in [6, 6.07) is -0.654. The van der Waals surface area contributed by atoms with E-state index in [0.717, 1.165) is 5.56 Å². The van der Waals surface area contributed by atoms with Crippen molar-refractivity contribution in [2.45, 2.75) is 65.5 Å². The lowest BCUT2D eigenvalue weighted by molar-refractivity contribution is -0.146. The van der Waals surface area contributed by atoms with Crippen molar-refractivity contribution < 1.29 is 14.3 Å². The van der Waals surface area contributed by atoms with Gasteiger partial charge >= 0.3 is 0 Å². The van der Waals surface area contributed by atoms with E-state index in [9.17, 15) is 4.79 Å². The van der Waals surface area contributed by atoms with Crippen LogP contribution >= 0.6 is 0 Å². The molecule has 34 heavy (non-hydrogen) atoms. The number of aryl methyl sites for hydroxylation is 2. The zero-order valence-corrected chi connectivity index (χ0v) is 20.5. The van der Waals surface area contributed by atoms with Gasteiger partial charge in [-0.2, -0.15) is 0 Å². The summed E-state index contributed by atoms with van der Waals surface area (Å²) >= 11 is 0. The summed E-state index contributed by atoms with van der Waals surface area (Å²) in [5.74, 6) is 1.79. The molecule has 4 rings (SSSR count).